The molecule has 16 heavy (non-hydrogen) atoms. The normalized spacial score (nSPS) is 12.4. The summed E-state index contributed by atoms with van der Waals surface area (Å²) < 4.78 is 19.0. The quantitative estimate of drug-likeness (QED) is 0.896. The summed E-state index contributed by atoms with van der Waals surface area (Å²) >= 11 is 0. The molecule has 1 atom stereocenters. The molecular weight excluding hydrogens is 229 g/mol. The van der Waals surface area contributed by atoms with Gasteiger partial charge in [0.1, 0.15) is 11.4 Å². The van der Waals surface area contributed by atoms with Crippen molar-refractivity contribution >= 4 is 23.4 Å². The first-order valence-corrected chi connectivity index (χ1v) is 5.04. The maximum Gasteiger partial charge on any atom is 0.137 e. The Labute approximate surface area is 100 Å². The molecular formula is C12H15ClFNO. The van der Waals surface area contributed by atoms with Crippen LogP contribution in [0.2, 0.25) is 0 Å². The second-order valence-corrected chi connectivity index (χ2v) is 3.76. The van der Waals surface area contributed by atoms with E-state index in [9.17, 15) is 4.39 Å². The third kappa shape index (κ3) is 2.36. The van der Waals surface area contributed by atoms with E-state index in [1.54, 1.807) is 12.1 Å². The number of hydrogen-bond donors (Lipinski definition) is 1. The SMILES string of the molecule is CNC(C)Cc1ccc2occc2c1F.Cl. The molecule has 1 unspecified atom stereocenters. The molecule has 0 spiro atoms. The topological polar surface area (TPSA) is 25.2 Å². The van der Waals surface area contributed by atoms with Crippen LogP contribution in [-0.2, 0) is 6.42 Å². The van der Waals surface area contributed by atoms with Gasteiger partial charge in [-0.1, -0.05) is 6.07 Å². The average molecular weight is 244 g/mol. The van der Waals surface area contributed by atoms with Gasteiger partial charge in [-0.05, 0) is 38.1 Å². The minimum absolute atomic E-state index is 0. The Morgan fingerprint density at radius 3 is 2.81 bits per heavy atom. The number of hydrogen-bond acceptors (Lipinski definition) is 2. The number of benzene rings is 1. The van der Waals surface area contributed by atoms with Crippen molar-refractivity contribution in [3.8, 4) is 0 Å². The fourth-order valence-corrected chi connectivity index (χ4v) is 1.64. The molecule has 0 aliphatic rings. The van der Waals surface area contributed by atoms with Gasteiger partial charge >= 0.3 is 0 Å². The maximum atomic E-state index is 13.9. The Morgan fingerprint density at radius 1 is 1.38 bits per heavy atom. The Hall–Kier alpha value is -1.06. The molecule has 2 aromatic rings. The molecule has 4 heteroatoms. The highest BCUT2D eigenvalue weighted by Gasteiger charge is 2.11. The fourth-order valence-electron chi connectivity index (χ4n) is 1.64. The lowest BCUT2D eigenvalue weighted by molar-refractivity contribution is 0.568. The van der Waals surface area contributed by atoms with E-state index in [0.717, 1.165) is 5.56 Å². The summed E-state index contributed by atoms with van der Waals surface area (Å²) in [6.45, 7) is 2.03. The summed E-state index contributed by atoms with van der Waals surface area (Å²) in [5, 5.41) is 3.66. The Kier molecular flexibility index (Phi) is 4.33. The van der Waals surface area contributed by atoms with Crippen molar-refractivity contribution in [1.82, 2.24) is 5.32 Å². The van der Waals surface area contributed by atoms with Crippen molar-refractivity contribution in [3.63, 3.8) is 0 Å². The lowest BCUT2D eigenvalue weighted by Gasteiger charge is -2.10. The minimum atomic E-state index is -0.164. The second-order valence-electron chi connectivity index (χ2n) is 3.76. The molecule has 2 nitrogen and oxygen atoms in total. The number of likely N-dealkylation sites (N-methyl/N-ethyl adjacent to an activating group) is 1. The molecule has 1 N–H and O–H groups in total. The maximum absolute atomic E-state index is 13.9. The molecule has 1 heterocycles. The summed E-state index contributed by atoms with van der Waals surface area (Å²) in [5.41, 5.74) is 1.33. The minimum Gasteiger partial charge on any atom is -0.464 e. The summed E-state index contributed by atoms with van der Waals surface area (Å²) in [5.74, 6) is -0.164. The molecule has 1 aromatic carbocycles. The van der Waals surface area contributed by atoms with Crippen LogP contribution in [0.3, 0.4) is 0 Å². The molecule has 0 saturated heterocycles. The highest BCUT2D eigenvalue weighted by Crippen LogP contribution is 2.22. The van der Waals surface area contributed by atoms with Gasteiger partial charge in [-0.25, -0.2) is 4.39 Å². The van der Waals surface area contributed by atoms with E-state index < -0.39 is 0 Å². The summed E-state index contributed by atoms with van der Waals surface area (Å²) in [7, 11) is 1.87. The lowest BCUT2D eigenvalue weighted by Crippen LogP contribution is -2.23. The molecule has 0 aliphatic carbocycles. The molecule has 0 bridgehead atoms. The standard InChI is InChI=1S/C12H14FNO.ClH/c1-8(14-2)7-9-3-4-11-10(12(9)13)5-6-15-11;/h3-6,8,14H,7H2,1-2H3;1H. The zero-order chi connectivity index (χ0) is 10.8. The van der Waals surface area contributed by atoms with Crippen LogP contribution in [0.5, 0.6) is 0 Å². The van der Waals surface area contributed by atoms with Gasteiger partial charge in [0, 0.05) is 6.04 Å². The van der Waals surface area contributed by atoms with Crippen LogP contribution in [0, 0.1) is 5.82 Å². The van der Waals surface area contributed by atoms with Crippen LogP contribution in [0.1, 0.15) is 12.5 Å². The molecule has 0 saturated carbocycles. The third-order valence-corrected chi connectivity index (χ3v) is 2.67. The summed E-state index contributed by atoms with van der Waals surface area (Å²) in [6.07, 6.45) is 2.20. The smallest absolute Gasteiger partial charge is 0.137 e. The van der Waals surface area contributed by atoms with E-state index in [1.165, 1.54) is 6.26 Å². The van der Waals surface area contributed by atoms with Crippen LogP contribution < -0.4 is 5.32 Å². The molecule has 1 aromatic heterocycles. The molecule has 0 fully saturated rings. The van der Waals surface area contributed by atoms with E-state index in [2.05, 4.69) is 5.32 Å². The third-order valence-electron chi connectivity index (χ3n) is 2.67. The zero-order valence-electron chi connectivity index (χ0n) is 9.29. The van der Waals surface area contributed by atoms with Gasteiger partial charge in [-0.2, -0.15) is 0 Å². The highest BCUT2D eigenvalue weighted by molar-refractivity contribution is 5.85. The van der Waals surface area contributed by atoms with Crippen LogP contribution in [0.15, 0.2) is 28.9 Å². The highest BCUT2D eigenvalue weighted by atomic mass is 35.5. The molecule has 2 rings (SSSR count). The van der Waals surface area contributed by atoms with Crippen LogP contribution in [0.4, 0.5) is 4.39 Å². The lowest BCUT2D eigenvalue weighted by atomic mass is 10.0. The molecule has 0 radical (unpaired) electrons. The Bertz CT molecular complexity index is 469. The van der Waals surface area contributed by atoms with Crippen molar-refractivity contribution in [2.24, 2.45) is 0 Å². The monoisotopic (exact) mass is 243 g/mol. The van der Waals surface area contributed by atoms with Crippen molar-refractivity contribution in [3.05, 3.63) is 35.8 Å². The fraction of sp³-hybridized carbons (Fsp3) is 0.333. The average Bonchev–Trinajstić information content (AvgIpc) is 2.70. The van der Waals surface area contributed by atoms with E-state index in [4.69, 9.17) is 4.42 Å². The van der Waals surface area contributed by atoms with Gasteiger partial charge in [-0.3, -0.25) is 0 Å². The second kappa shape index (κ2) is 5.32. The van der Waals surface area contributed by atoms with Crippen molar-refractivity contribution in [2.75, 3.05) is 7.05 Å². The van der Waals surface area contributed by atoms with Gasteiger partial charge < -0.3 is 9.73 Å². The van der Waals surface area contributed by atoms with Crippen molar-refractivity contribution in [1.29, 1.82) is 0 Å². The number of furan rings is 1. The summed E-state index contributed by atoms with van der Waals surface area (Å²) in [4.78, 5) is 0. The van der Waals surface area contributed by atoms with Gasteiger partial charge in [0.25, 0.3) is 0 Å². The zero-order valence-corrected chi connectivity index (χ0v) is 10.1. The van der Waals surface area contributed by atoms with Crippen molar-refractivity contribution in [2.45, 2.75) is 19.4 Å². The molecule has 88 valence electrons. The first-order chi connectivity index (χ1) is 7.22. The number of fused-ring (bicyclic) bond motifs is 1. The molecule has 0 amide bonds. The van der Waals surface area contributed by atoms with E-state index in [-0.39, 0.29) is 24.3 Å². The predicted octanol–water partition coefficient (Wildman–Crippen LogP) is 3.14. The predicted molar refractivity (Wildman–Crippen MR) is 65.6 cm³/mol. The number of nitrogens with one attached hydrogen (secondary N) is 1. The van der Waals surface area contributed by atoms with Crippen LogP contribution in [-0.4, -0.2) is 13.1 Å². The van der Waals surface area contributed by atoms with Crippen molar-refractivity contribution < 1.29 is 8.81 Å². The first-order valence-electron chi connectivity index (χ1n) is 5.04. The first kappa shape index (κ1) is 13.0. The molecule has 0 aliphatic heterocycles. The van der Waals surface area contributed by atoms with E-state index >= 15 is 0 Å². The van der Waals surface area contributed by atoms with Crippen LogP contribution >= 0.6 is 12.4 Å². The van der Waals surface area contributed by atoms with E-state index in [1.807, 2.05) is 20.0 Å². The van der Waals surface area contributed by atoms with Gasteiger partial charge in [0.05, 0.1) is 11.6 Å². The van der Waals surface area contributed by atoms with Gasteiger partial charge in [0.15, 0.2) is 0 Å². The summed E-state index contributed by atoms with van der Waals surface area (Å²) in [6, 6.07) is 5.53. The van der Waals surface area contributed by atoms with Crippen LogP contribution in [0.25, 0.3) is 11.0 Å². The number of rotatable bonds is 3. The van der Waals surface area contributed by atoms with E-state index in [0.29, 0.717) is 17.4 Å². The largest absolute Gasteiger partial charge is 0.464 e. The Balaban J connectivity index is 0.00000128. The van der Waals surface area contributed by atoms with Gasteiger partial charge in [-0.15, -0.1) is 12.4 Å². The Morgan fingerprint density at radius 2 is 2.12 bits per heavy atom. The van der Waals surface area contributed by atoms with Gasteiger partial charge in [0.2, 0.25) is 0 Å². The number of halogens is 2.